The lowest BCUT2D eigenvalue weighted by molar-refractivity contribution is -0.134. The van der Waals surface area contributed by atoms with Crippen LogP contribution in [0.4, 0.5) is 4.79 Å². The van der Waals surface area contributed by atoms with Crippen molar-refractivity contribution in [2.45, 2.75) is 0 Å². The number of ether oxygens (including phenoxy) is 1. The number of hydrogen-bond donors (Lipinski definition) is 0. The van der Waals surface area contributed by atoms with Crippen molar-refractivity contribution >= 4 is 11.9 Å². The molecule has 6 heteroatoms. The number of para-hydroxylation sites is 1. The maximum atomic E-state index is 12.1. The quantitative estimate of drug-likeness (QED) is 0.831. The molecule has 3 amide bonds. The summed E-state index contributed by atoms with van der Waals surface area (Å²) in [6, 6.07) is 9.26. The Morgan fingerprint density at radius 1 is 1.05 bits per heavy atom. The summed E-state index contributed by atoms with van der Waals surface area (Å²) in [5.41, 5.74) is 0. The molecule has 114 valence electrons. The number of benzene rings is 1. The molecule has 0 saturated carbocycles. The van der Waals surface area contributed by atoms with E-state index in [1.54, 1.807) is 28.8 Å². The maximum absolute atomic E-state index is 12.1. The van der Waals surface area contributed by atoms with Gasteiger partial charge in [0.05, 0.1) is 0 Å². The monoisotopic (exact) mass is 291 g/mol. The Morgan fingerprint density at radius 3 is 2.19 bits per heavy atom. The van der Waals surface area contributed by atoms with Gasteiger partial charge in [-0.25, -0.2) is 4.79 Å². The molecule has 1 aromatic rings. The average molecular weight is 291 g/mol. The van der Waals surface area contributed by atoms with Crippen LogP contribution in [0.3, 0.4) is 0 Å². The highest BCUT2D eigenvalue weighted by Crippen LogP contribution is 2.09. The molecule has 0 atom stereocenters. The summed E-state index contributed by atoms with van der Waals surface area (Å²) in [7, 11) is 3.46. The van der Waals surface area contributed by atoms with Crippen molar-refractivity contribution in [2.75, 3.05) is 46.9 Å². The Balaban J connectivity index is 1.77. The van der Waals surface area contributed by atoms with E-state index in [0.717, 1.165) is 0 Å². The second-order valence-corrected chi connectivity index (χ2v) is 5.15. The minimum atomic E-state index is -0.0456. The SMILES string of the molecule is CN(C)C(=O)N1CCN(C(=O)COc2ccccc2)CC1. The molecule has 1 saturated heterocycles. The van der Waals surface area contributed by atoms with E-state index in [4.69, 9.17) is 4.74 Å². The third kappa shape index (κ3) is 4.11. The van der Waals surface area contributed by atoms with Crippen LogP contribution in [0.5, 0.6) is 5.75 Å². The Kier molecular flexibility index (Phi) is 5.03. The number of carbonyl (C=O) groups is 2. The second kappa shape index (κ2) is 6.97. The predicted octanol–water partition coefficient (Wildman–Crippen LogP) is 0.891. The minimum absolute atomic E-state index is 0.0114. The molecule has 1 aliphatic rings. The van der Waals surface area contributed by atoms with E-state index < -0.39 is 0 Å². The van der Waals surface area contributed by atoms with Crippen LogP contribution in [0.15, 0.2) is 30.3 Å². The van der Waals surface area contributed by atoms with E-state index in [0.29, 0.717) is 31.9 Å². The molecule has 0 aromatic heterocycles. The van der Waals surface area contributed by atoms with E-state index in [2.05, 4.69) is 0 Å². The molecule has 2 rings (SSSR count). The largest absolute Gasteiger partial charge is 0.484 e. The number of urea groups is 1. The van der Waals surface area contributed by atoms with Crippen LogP contribution in [-0.2, 0) is 4.79 Å². The molecule has 0 unspecified atom stereocenters. The zero-order valence-corrected chi connectivity index (χ0v) is 12.5. The van der Waals surface area contributed by atoms with E-state index in [9.17, 15) is 9.59 Å². The van der Waals surface area contributed by atoms with Crippen LogP contribution in [0.2, 0.25) is 0 Å². The van der Waals surface area contributed by atoms with Crippen molar-refractivity contribution in [3.63, 3.8) is 0 Å². The molecule has 0 bridgehead atoms. The lowest BCUT2D eigenvalue weighted by Crippen LogP contribution is -2.53. The van der Waals surface area contributed by atoms with Gasteiger partial charge in [0.1, 0.15) is 5.75 Å². The van der Waals surface area contributed by atoms with Crippen molar-refractivity contribution in [1.82, 2.24) is 14.7 Å². The Hall–Kier alpha value is -2.24. The van der Waals surface area contributed by atoms with E-state index in [1.807, 2.05) is 30.3 Å². The summed E-state index contributed by atoms with van der Waals surface area (Å²) in [4.78, 5) is 28.9. The molecule has 1 aliphatic heterocycles. The van der Waals surface area contributed by atoms with Gasteiger partial charge in [0, 0.05) is 40.3 Å². The summed E-state index contributed by atoms with van der Waals surface area (Å²) < 4.78 is 5.45. The van der Waals surface area contributed by atoms with Crippen LogP contribution in [-0.4, -0.2) is 73.5 Å². The molecule has 21 heavy (non-hydrogen) atoms. The van der Waals surface area contributed by atoms with Crippen molar-refractivity contribution in [3.05, 3.63) is 30.3 Å². The van der Waals surface area contributed by atoms with Gasteiger partial charge in [-0.1, -0.05) is 18.2 Å². The molecule has 0 spiro atoms. The highest BCUT2D eigenvalue weighted by Gasteiger charge is 2.24. The third-order valence-electron chi connectivity index (χ3n) is 3.39. The van der Waals surface area contributed by atoms with Crippen LogP contribution in [0.1, 0.15) is 0 Å². The highest BCUT2D eigenvalue weighted by atomic mass is 16.5. The van der Waals surface area contributed by atoms with E-state index in [-0.39, 0.29) is 18.5 Å². The molecule has 1 aromatic carbocycles. The second-order valence-electron chi connectivity index (χ2n) is 5.15. The normalized spacial score (nSPS) is 14.8. The molecule has 0 N–H and O–H groups in total. The first-order valence-electron chi connectivity index (χ1n) is 7.00. The molecular formula is C15H21N3O3. The molecular weight excluding hydrogens is 270 g/mol. The van der Waals surface area contributed by atoms with Gasteiger partial charge in [0.15, 0.2) is 6.61 Å². The van der Waals surface area contributed by atoms with Gasteiger partial charge < -0.3 is 19.4 Å². The molecule has 0 radical (unpaired) electrons. The van der Waals surface area contributed by atoms with Gasteiger partial charge in [-0.3, -0.25) is 4.79 Å². The van der Waals surface area contributed by atoms with Gasteiger partial charge in [-0.2, -0.15) is 0 Å². The smallest absolute Gasteiger partial charge is 0.319 e. The fraction of sp³-hybridized carbons (Fsp3) is 0.467. The van der Waals surface area contributed by atoms with Crippen LogP contribution >= 0.6 is 0 Å². The summed E-state index contributed by atoms with van der Waals surface area (Å²) in [6.45, 7) is 2.26. The van der Waals surface area contributed by atoms with Crippen LogP contribution < -0.4 is 4.74 Å². The summed E-state index contributed by atoms with van der Waals surface area (Å²) in [6.07, 6.45) is 0. The van der Waals surface area contributed by atoms with Crippen molar-refractivity contribution in [2.24, 2.45) is 0 Å². The number of carbonyl (C=O) groups excluding carboxylic acids is 2. The standard InChI is InChI=1S/C15H21N3O3/c1-16(2)15(20)18-10-8-17(9-11-18)14(19)12-21-13-6-4-3-5-7-13/h3-7H,8-12H2,1-2H3. The molecule has 6 nitrogen and oxygen atoms in total. The minimum Gasteiger partial charge on any atom is -0.484 e. The van der Waals surface area contributed by atoms with Gasteiger partial charge in [0.25, 0.3) is 5.91 Å². The fourth-order valence-electron chi connectivity index (χ4n) is 2.18. The highest BCUT2D eigenvalue weighted by molar-refractivity contribution is 5.78. The van der Waals surface area contributed by atoms with Gasteiger partial charge in [-0.05, 0) is 12.1 Å². The average Bonchev–Trinajstić information content (AvgIpc) is 2.53. The van der Waals surface area contributed by atoms with Gasteiger partial charge in [0.2, 0.25) is 0 Å². The Bertz CT molecular complexity index is 482. The zero-order valence-electron chi connectivity index (χ0n) is 12.5. The number of nitrogens with zero attached hydrogens (tertiary/aromatic N) is 3. The third-order valence-corrected chi connectivity index (χ3v) is 3.39. The first kappa shape index (κ1) is 15.2. The lowest BCUT2D eigenvalue weighted by atomic mass is 10.3. The molecule has 0 aliphatic carbocycles. The Morgan fingerprint density at radius 2 is 1.62 bits per heavy atom. The summed E-state index contributed by atoms with van der Waals surface area (Å²) in [5, 5.41) is 0. The van der Waals surface area contributed by atoms with Crippen molar-refractivity contribution < 1.29 is 14.3 Å². The Labute approximate surface area is 124 Å². The van der Waals surface area contributed by atoms with Gasteiger partial charge in [-0.15, -0.1) is 0 Å². The van der Waals surface area contributed by atoms with Crippen molar-refractivity contribution in [1.29, 1.82) is 0 Å². The summed E-state index contributed by atoms with van der Waals surface area (Å²) >= 11 is 0. The lowest BCUT2D eigenvalue weighted by Gasteiger charge is -2.35. The number of piperazine rings is 1. The first-order chi connectivity index (χ1) is 10.1. The topological polar surface area (TPSA) is 53.1 Å². The van der Waals surface area contributed by atoms with E-state index in [1.165, 1.54) is 0 Å². The number of rotatable bonds is 3. The molecule has 1 fully saturated rings. The predicted molar refractivity (Wildman–Crippen MR) is 79.2 cm³/mol. The maximum Gasteiger partial charge on any atom is 0.319 e. The number of hydrogen-bond acceptors (Lipinski definition) is 3. The number of amides is 3. The molecule has 1 heterocycles. The fourth-order valence-corrected chi connectivity index (χ4v) is 2.18. The summed E-state index contributed by atoms with van der Waals surface area (Å²) in [5.74, 6) is 0.642. The first-order valence-corrected chi connectivity index (χ1v) is 7.00. The zero-order chi connectivity index (χ0) is 15.2. The van der Waals surface area contributed by atoms with Gasteiger partial charge >= 0.3 is 6.03 Å². The van der Waals surface area contributed by atoms with Crippen LogP contribution in [0, 0.1) is 0 Å². The van der Waals surface area contributed by atoms with Crippen molar-refractivity contribution in [3.8, 4) is 5.75 Å². The van der Waals surface area contributed by atoms with Crippen LogP contribution in [0.25, 0.3) is 0 Å². The van der Waals surface area contributed by atoms with E-state index >= 15 is 0 Å².